The number of fused-ring (bicyclic) bond motifs is 2. The number of aromatic carboxylic acids is 2. The van der Waals surface area contributed by atoms with Gasteiger partial charge in [-0.25, -0.2) is 9.59 Å². The first-order valence-electron chi connectivity index (χ1n) is 19.4. The molecule has 0 saturated heterocycles. The molecule has 0 spiro atoms. The Kier molecular flexibility index (Phi) is 11.5. The molecule has 0 aromatic heterocycles. The Morgan fingerprint density at radius 1 is 0.596 bits per heavy atom. The van der Waals surface area contributed by atoms with Crippen LogP contribution < -0.4 is 15.4 Å². The van der Waals surface area contributed by atoms with Gasteiger partial charge in [-0.3, -0.25) is 9.59 Å². The molecule has 0 fully saturated rings. The van der Waals surface area contributed by atoms with Crippen molar-refractivity contribution in [1.29, 1.82) is 0 Å². The molecule has 0 atom stereocenters. The van der Waals surface area contributed by atoms with E-state index in [9.17, 15) is 29.4 Å². The van der Waals surface area contributed by atoms with Gasteiger partial charge in [0.2, 0.25) is 0 Å². The molecule has 0 bridgehead atoms. The van der Waals surface area contributed by atoms with Crippen LogP contribution >= 0.6 is 0 Å². The van der Waals surface area contributed by atoms with Crippen LogP contribution in [0.15, 0.2) is 109 Å². The van der Waals surface area contributed by atoms with E-state index in [0.717, 1.165) is 12.8 Å². The quantitative estimate of drug-likeness (QED) is 0.0865. The topological polar surface area (TPSA) is 142 Å². The van der Waals surface area contributed by atoms with E-state index in [2.05, 4.69) is 43.5 Å². The lowest BCUT2D eigenvalue weighted by Crippen LogP contribution is -2.45. The maximum absolute atomic E-state index is 14.3. The van der Waals surface area contributed by atoms with Crippen molar-refractivity contribution >= 4 is 51.0 Å². The highest BCUT2D eigenvalue weighted by molar-refractivity contribution is 6.21. The van der Waals surface area contributed by atoms with Crippen molar-refractivity contribution in [3.05, 3.63) is 137 Å². The normalized spacial score (nSPS) is 11.7. The molecule has 9 nitrogen and oxygen atoms in total. The van der Waals surface area contributed by atoms with Crippen LogP contribution in [-0.2, 0) is 5.41 Å². The monoisotopic (exact) mass is 764 g/mol. The zero-order valence-corrected chi connectivity index (χ0v) is 33.2. The lowest BCUT2D eigenvalue weighted by molar-refractivity contribution is 0.0682. The predicted molar refractivity (Wildman–Crippen MR) is 226 cm³/mol. The zero-order chi connectivity index (χ0) is 41.1. The second-order valence-electron chi connectivity index (χ2n) is 15.0. The van der Waals surface area contributed by atoms with Crippen molar-refractivity contribution in [3.63, 3.8) is 0 Å². The summed E-state index contributed by atoms with van der Waals surface area (Å²) in [5.41, 5.74) is 1.49. The van der Waals surface area contributed by atoms with Crippen LogP contribution in [0.4, 0.5) is 5.69 Å². The van der Waals surface area contributed by atoms with Crippen molar-refractivity contribution in [2.75, 3.05) is 5.32 Å². The van der Waals surface area contributed by atoms with Crippen LogP contribution in [0.1, 0.15) is 114 Å². The maximum atomic E-state index is 14.3. The van der Waals surface area contributed by atoms with Crippen LogP contribution in [0.5, 0.6) is 11.5 Å². The third kappa shape index (κ3) is 8.10. The van der Waals surface area contributed by atoms with Crippen LogP contribution in [0.3, 0.4) is 0 Å². The summed E-state index contributed by atoms with van der Waals surface area (Å²) in [6.07, 6.45) is 3.29. The van der Waals surface area contributed by atoms with E-state index in [4.69, 9.17) is 4.74 Å². The molecule has 0 aliphatic carbocycles. The highest BCUT2D eigenvalue weighted by atomic mass is 16.5. The Balaban J connectivity index is 1.40. The molecular weight excluding hydrogens is 717 g/mol. The average molecular weight is 765 g/mol. The van der Waals surface area contributed by atoms with Crippen molar-refractivity contribution in [1.82, 2.24) is 5.32 Å². The molecule has 6 aromatic carbocycles. The first kappa shape index (κ1) is 40.2. The molecule has 4 N–H and O–H groups in total. The average Bonchev–Trinajstić information content (AvgIpc) is 3.22. The Bertz CT molecular complexity index is 2500. The van der Waals surface area contributed by atoms with Gasteiger partial charge in [0.15, 0.2) is 0 Å². The molecule has 57 heavy (non-hydrogen) atoms. The van der Waals surface area contributed by atoms with Crippen LogP contribution in [0.25, 0.3) is 32.7 Å². The Morgan fingerprint density at radius 3 is 1.75 bits per heavy atom. The lowest BCUT2D eigenvalue weighted by Gasteiger charge is -2.29. The van der Waals surface area contributed by atoms with Gasteiger partial charge in [0.05, 0.1) is 22.3 Å². The molecule has 0 radical (unpaired) electrons. The SMILES string of the molecule is CCC(C)(CC)NC(=O)c1c(C(=O)O)cc2ccccc2c1-c1cccc2cc(C(=O)O)c(C(=O)Nc3ccc(Oc4ccc(C(C)(CC)CC)cc4)cc3)cc12. The van der Waals surface area contributed by atoms with Gasteiger partial charge in [0.25, 0.3) is 11.8 Å². The summed E-state index contributed by atoms with van der Waals surface area (Å²) >= 11 is 0. The highest BCUT2D eigenvalue weighted by Gasteiger charge is 2.30. The molecule has 0 aliphatic rings. The minimum atomic E-state index is -1.29. The van der Waals surface area contributed by atoms with E-state index in [1.165, 1.54) is 23.8 Å². The Morgan fingerprint density at radius 2 is 1.16 bits per heavy atom. The number of carbonyl (C=O) groups is 4. The smallest absolute Gasteiger partial charge is 0.336 e. The standard InChI is InChI=1S/C48H48N2O7/c1-7-47(5,8-2)31-18-22-33(23-19-31)57-34-24-20-32(21-25-34)49-43(51)38-28-37-30(26-39(38)45(53)54)15-13-17-36(37)41-35-16-12-11-14-29(35)27-40(46(55)56)42(41)44(52)50-48(6,9-3)10-4/h11-28H,7-10H2,1-6H3,(H,49,51)(H,50,52)(H,53,54)(H,55,56). The van der Waals surface area contributed by atoms with Crippen molar-refractivity contribution in [2.24, 2.45) is 0 Å². The minimum Gasteiger partial charge on any atom is -0.478 e. The summed E-state index contributed by atoms with van der Waals surface area (Å²) < 4.78 is 6.08. The number of carboxylic acid groups (broad SMARTS) is 2. The van der Waals surface area contributed by atoms with Crippen molar-refractivity contribution in [2.45, 2.75) is 78.2 Å². The van der Waals surface area contributed by atoms with Gasteiger partial charge >= 0.3 is 11.9 Å². The fourth-order valence-corrected chi connectivity index (χ4v) is 7.23. The Labute approximate surface area is 332 Å². The largest absolute Gasteiger partial charge is 0.478 e. The van der Waals surface area contributed by atoms with E-state index in [1.54, 1.807) is 54.6 Å². The maximum Gasteiger partial charge on any atom is 0.336 e. The fraction of sp³-hybridized carbons (Fsp3) is 0.250. The number of rotatable bonds is 14. The first-order valence-corrected chi connectivity index (χ1v) is 19.4. The van der Waals surface area contributed by atoms with Gasteiger partial charge in [-0.15, -0.1) is 0 Å². The summed E-state index contributed by atoms with van der Waals surface area (Å²) in [7, 11) is 0. The number of carbonyl (C=O) groups excluding carboxylic acids is 2. The van der Waals surface area contributed by atoms with Crippen molar-refractivity contribution in [3.8, 4) is 22.6 Å². The molecule has 2 amide bonds. The molecule has 292 valence electrons. The molecule has 6 aromatic rings. The van der Waals surface area contributed by atoms with Crippen LogP contribution in [0.2, 0.25) is 0 Å². The minimum absolute atomic E-state index is 0.0196. The predicted octanol–water partition coefficient (Wildman–Crippen LogP) is 11.5. The summed E-state index contributed by atoms with van der Waals surface area (Å²) in [6, 6.07) is 31.7. The number of ether oxygens (including phenoxy) is 1. The van der Waals surface area contributed by atoms with Gasteiger partial charge in [-0.05, 0) is 125 Å². The van der Waals surface area contributed by atoms with Crippen LogP contribution in [0, 0.1) is 0 Å². The second kappa shape index (κ2) is 16.3. The van der Waals surface area contributed by atoms with Gasteiger partial charge < -0.3 is 25.6 Å². The summed E-state index contributed by atoms with van der Waals surface area (Å²) in [4.78, 5) is 53.7. The summed E-state index contributed by atoms with van der Waals surface area (Å²) in [5.74, 6) is -2.53. The summed E-state index contributed by atoms with van der Waals surface area (Å²) in [5, 5.41) is 28.9. The van der Waals surface area contributed by atoms with Gasteiger partial charge in [0.1, 0.15) is 11.5 Å². The van der Waals surface area contributed by atoms with Gasteiger partial charge in [-0.2, -0.15) is 0 Å². The first-order chi connectivity index (χ1) is 27.2. The number of carboxylic acids is 2. The molecule has 0 saturated carbocycles. The molecule has 0 aliphatic heterocycles. The van der Waals surface area contributed by atoms with Gasteiger partial charge in [-0.1, -0.05) is 89.2 Å². The molecule has 0 heterocycles. The highest BCUT2D eigenvalue weighted by Crippen LogP contribution is 2.40. The van der Waals surface area contributed by atoms with Crippen molar-refractivity contribution < 1.29 is 34.1 Å². The van der Waals surface area contributed by atoms with E-state index in [0.29, 0.717) is 62.7 Å². The number of amides is 2. The number of benzene rings is 6. The van der Waals surface area contributed by atoms with Crippen LogP contribution in [-0.4, -0.2) is 39.5 Å². The fourth-order valence-electron chi connectivity index (χ4n) is 7.23. The third-order valence-corrected chi connectivity index (χ3v) is 11.7. The lowest BCUT2D eigenvalue weighted by atomic mass is 9.78. The molecule has 6 rings (SSSR count). The van der Waals surface area contributed by atoms with Gasteiger partial charge in [0, 0.05) is 16.8 Å². The Hall–Kier alpha value is -6.48. The van der Waals surface area contributed by atoms with E-state index in [-0.39, 0.29) is 27.7 Å². The summed E-state index contributed by atoms with van der Waals surface area (Å²) in [6.45, 7) is 12.4. The second-order valence-corrected chi connectivity index (χ2v) is 15.0. The number of anilines is 1. The third-order valence-electron chi connectivity index (χ3n) is 11.7. The van der Waals surface area contributed by atoms with E-state index in [1.807, 2.05) is 45.0 Å². The molecular formula is C48H48N2O7. The molecule has 0 unspecified atom stereocenters. The number of hydrogen-bond acceptors (Lipinski definition) is 5. The number of hydrogen-bond donors (Lipinski definition) is 4. The van der Waals surface area contributed by atoms with E-state index < -0.39 is 29.3 Å². The number of nitrogens with one attached hydrogen (secondary N) is 2. The zero-order valence-electron chi connectivity index (χ0n) is 33.2. The van der Waals surface area contributed by atoms with E-state index >= 15 is 0 Å². The molecule has 9 heteroatoms.